The van der Waals surface area contributed by atoms with Crippen molar-refractivity contribution in [2.75, 3.05) is 0 Å². The highest BCUT2D eigenvalue weighted by atomic mass is 32.1. The molecule has 0 unspecified atom stereocenters. The van der Waals surface area contributed by atoms with Gasteiger partial charge >= 0.3 is 6.18 Å². The van der Waals surface area contributed by atoms with E-state index in [1.807, 2.05) is 0 Å². The molecule has 0 aliphatic rings. The number of alkyl halides is 3. The minimum Gasteiger partial charge on any atom is -0.206 e. The van der Waals surface area contributed by atoms with E-state index in [4.69, 9.17) is 0 Å². The summed E-state index contributed by atoms with van der Waals surface area (Å²) in [5, 5.41) is 0. The molecule has 0 aliphatic carbocycles. The summed E-state index contributed by atoms with van der Waals surface area (Å²) in [5.41, 5.74) is -1.00. The largest absolute Gasteiger partial charge is 0.416 e. The van der Waals surface area contributed by atoms with Gasteiger partial charge in [0.1, 0.15) is 5.82 Å². The molecule has 0 saturated heterocycles. The molecule has 0 fully saturated rings. The first-order valence-electron chi connectivity index (χ1n) is 2.97. The molecule has 1 aromatic carbocycles. The lowest BCUT2D eigenvalue weighted by Gasteiger charge is -2.06. The third-order valence-corrected chi connectivity index (χ3v) is 1.64. The van der Waals surface area contributed by atoms with E-state index in [0.717, 1.165) is 12.1 Å². The molecule has 1 rings (SSSR count). The summed E-state index contributed by atoms with van der Waals surface area (Å²) >= 11 is 3.60. The van der Waals surface area contributed by atoms with Crippen molar-refractivity contribution in [1.29, 1.82) is 0 Å². The van der Waals surface area contributed by atoms with E-state index in [1.165, 1.54) is 0 Å². The first kappa shape index (κ1) is 9.38. The van der Waals surface area contributed by atoms with Crippen molar-refractivity contribution >= 4 is 12.6 Å². The van der Waals surface area contributed by atoms with Crippen molar-refractivity contribution in [3.8, 4) is 0 Å². The van der Waals surface area contributed by atoms with E-state index in [2.05, 4.69) is 12.6 Å². The molecular formula is C7H4F4S. The Morgan fingerprint density at radius 1 is 1.17 bits per heavy atom. The number of benzene rings is 1. The number of rotatable bonds is 0. The van der Waals surface area contributed by atoms with E-state index in [1.54, 1.807) is 0 Å². The predicted molar refractivity (Wildman–Crippen MR) is 38.7 cm³/mol. The van der Waals surface area contributed by atoms with Crippen molar-refractivity contribution in [1.82, 2.24) is 0 Å². The van der Waals surface area contributed by atoms with Crippen LogP contribution >= 0.6 is 12.6 Å². The fraction of sp³-hybridized carbons (Fsp3) is 0.143. The number of hydrogen-bond donors (Lipinski definition) is 1. The minimum absolute atomic E-state index is 0.0944. The zero-order chi connectivity index (χ0) is 9.35. The maximum atomic E-state index is 12.5. The normalized spacial score (nSPS) is 11.8. The maximum Gasteiger partial charge on any atom is 0.416 e. The molecule has 1 aromatic rings. The van der Waals surface area contributed by atoms with Crippen LogP contribution in [0.2, 0.25) is 0 Å². The second kappa shape index (κ2) is 2.97. The van der Waals surface area contributed by atoms with E-state index in [-0.39, 0.29) is 4.90 Å². The van der Waals surface area contributed by atoms with Gasteiger partial charge in [-0.3, -0.25) is 0 Å². The Kier molecular flexibility index (Phi) is 2.32. The summed E-state index contributed by atoms with van der Waals surface area (Å²) < 4.78 is 48.3. The van der Waals surface area contributed by atoms with E-state index < -0.39 is 17.6 Å². The topological polar surface area (TPSA) is 0 Å². The number of halogens is 4. The quantitative estimate of drug-likeness (QED) is 0.478. The van der Waals surface area contributed by atoms with Gasteiger partial charge in [0.05, 0.1) is 5.56 Å². The molecule has 0 aromatic heterocycles. The van der Waals surface area contributed by atoms with Crippen LogP contribution in [0.4, 0.5) is 17.6 Å². The summed E-state index contributed by atoms with van der Waals surface area (Å²) in [4.78, 5) is -0.0944. The first-order valence-corrected chi connectivity index (χ1v) is 3.41. The maximum absolute atomic E-state index is 12.5. The fourth-order valence-electron chi connectivity index (χ4n) is 0.683. The monoisotopic (exact) mass is 196 g/mol. The van der Waals surface area contributed by atoms with E-state index >= 15 is 0 Å². The molecule has 0 nitrogen and oxygen atoms in total. The van der Waals surface area contributed by atoms with Gasteiger partial charge in [0.2, 0.25) is 0 Å². The summed E-state index contributed by atoms with van der Waals surface area (Å²) in [6.07, 6.45) is -4.50. The van der Waals surface area contributed by atoms with Gasteiger partial charge in [0, 0.05) is 4.90 Å². The van der Waals surface area contributed by atoms with Crippen LogP contribution in [0.25, 0.3) is 0 Å². The Morgan fingerprint density at radius 2 is 1.75 bits per heavy atom. The van der Waals surface area contributed by atoms with Crippen molar-refractivity contribution in [2.24, 2.45) is 0 Å². The molecule has 0 spiro atoms. The van der Waals surface area contributed by atoms with Gasteiger partial charge < -0.3 is 0 Å². The average molecular weight is 196 g/mol. The summed E-state index contributed by atoms with van der Waals surface area (Å²) in [7, 11) is 0. The molecule has 0 heterocycles. The zero-order valence-electron chi connectivity index (χ0n) is 5.69. The van der Waals surface area contributed by atoms with Gasteiger partial charge in [-0.2, -0.15) is 13.2 Å². The number of hydrogen-bond acceptors (Lipinski definition) is 1. The molecule has 5 heteroatoms. The SMILES string of the molecule is Fc1cc(C(F)(F)F)ccc1S. The molecule has 0 amide bonds. The lowest BCUT2D eigenvalue weighted by Crippen LogP contribution is -2.04. The molecule has 0 bridgehead atoms. The average Bonchev–Trinajstić information content (AvgIpc) is 1.92. The second-order valence-corrected chi connectivity index (χ2v) is 2.65. The molecule has 0 saturated carbocycles. The van der Waals surface area contributed by atoms with Crippen LogP contribution in [0.5, 0.6) is 0 Å². The molecule has 66 valence electrons. The lowest BCUT2D eigenvalue weighted by molar-refractivity contribution is -0.137. The van der Waals surface area contributed by atoms with E-state index in [9.17, 15) is 17.6 Å². The Hall–Kier alpha value is -0.710. The Labute approximate surface area is 71.6 Å². The van der Waals surface area contributed by atoms with Gasteiger partial charge in [-0.1, -0.05) is 0 Å². The highest BCUT2D eigenvalue weighted by Gasteiger charge is 2.30. The van der Waals surface area contributed by atoms with Crippen molar-refractivity contribution in [3.63, 3.8) is 0 Å². The smallest absolute Gasteiger partial charge is 0.206 e. The van der Waals surface area contributed by atoms with Crippen molar-refractivity contribution in [2.45, 2.75) is 11.1 Å². The third kappa shape index (κ3) is 1.91. The van der Waals surface area contributed by atoms with Gasteiger partial charge in [-0.25, -0.2) is 4.39 Å². The van der Waals surface area contributed by atoms with Gasteiger partial charge in [0.15, 0.2) is 0 Å². The predicted octanol–water partition coefficient (Wildman–Crippen LogP) is 3.13. The zero-order valence-corrected chi connectivity index (χ0v) is 6.59. The molecular weight excluding hydrogens is 192 g/mol. The van der Waals surface area contributed by atoms with Crippen molar-refractivity contribution < 1.29 is 17.6 Å². The lowest BCUT2D eigenvalue weighted by atomic mass is 10.2. The van der Waals surface area contributed by atoms with Crippen LogP contribution in [0, 0.1) is 5.82 Å². The molecule has 0 N–H and O–H groups in total. The minimum atomic E-state index is -4.50. The summed E-state index contributed by atoms with van der Waals surface area (Å²) in [6.45, 7) is 0. The Bertz CT molecular complexity index is 292. The molecule has 12 heavy (non-hydrogen) atoms. The van der Waals surface area contributed by atoms with Crippen LogP contribution in [0.15, 0.2) is 23.1 Å². The Morgan fingerprint density at radius 3 is 2.17 bits per heavy atom. The summed E-state index contributed by atoms with van der Waals surface area (Å²) in [6, 6.07) is 2.18. The van der Waals surface area contributed by atoms with Crippen LogP contribution < -0.4 is 0 Å². The van der Waals surface area contributed by atoms with Gasteiger partial charge in [-0.05, 0) is 18.2 Å². The van der Waals surface area contributed by atoms with Crippen LogP contribution in [0.3, 0.4) is 0 Å². The van der Waals surface area contributed by atoms with Crippen molar-refractivity contribution in [3.05, 3.63) is 29.6 Å². The van der Waals surface area contributed by atoms with Crippen LogP contribution in [0.1, 0.15) is 5.56 Å². The van der Waals surface area contributed by atoms with Gasteiger partial charge in [-0.15, -0.1) is 12.6 Å². The van der Waals surface area contributed by atoms with Crippen LogP contribution in [-0.2, 0) is 6.18 Å². The third-order valence-electron chi connectivity index (χ3n) is 1.28. The van der Waals surface area contributed by atoms with Crippen LogP contribution in [-0.4, -0.2) is 0 Å². The highest BCUT2D eigenvalue weighted by Crippen LogP contribution is 2.30. The number of thiol groups is 1. The summed E-state index contributed by atoms with van der Waals surface area (Å²) in [5.74, 6) is -0.965. The molecule has 0 radical (unpaired) electrons. The highest BCUT2D eigenvalue weighted by molar-refractivity contribution is 7.80. The van der Waals surface area contributed by atoms with E-state index in [0.29, 0.717) is 6.07 Å². The first-order chi connectivity index (χ1) is 5.41. The standard InChI is InChI=1S/C7H4F4S/c8-5-3-4(7(9,10)11)1-2-6(5)12/h1-3,12H. The second-order valence-electron chi connectivity index (χ2n) is 2.16. The molecule has 0 atom stereocenters. The van der Waals surface area contributed by atoms with Gasteiger partial charge in [0.25, 0.3) is 0 Å². The molecule has 0 aliphatic heterocycles. The Balaban J connectivity index is 3.14. The fourth-order valence-corrected chi connectivity index (χ4v) is 0.822.